The van der Waals surface area contributed by atoms with E-state index in [9.17, 15) is 14.5 Å². The van der Waals surface area contributed by atoms with Crippen LogP contribution in [0.15, 0.2) is 40.3 Å². The van der Waals surface area contributed by atoms with Gasteiger partial charge in [0.05, 0.1) is 12.1 Å². The van der Waals surface area contributed by atoms with E-state index in [2.05, 4.69) is 5.18 Å². The third kappa shape index (κ3) is 1.52. The number of hydrogen-bond acceptors (Lipinski definition) is 4. The number of benzene rings is 1. The summed E-state index contributed by atoms with van der Waals surface area (Å²) in [4.78, 5) is 32.6. The van der Waals surface area contributed by atoms with Crippen molar-refractivity contribution in [2.24, 2.45) is 5.18 Å². The highest BCUT2D eigenvalue weighted by atomic mass is 16.3. The number of aromatic nitrogens is 1. The number of carbonyl (C=O) groups excluding carboxylic acids is 1. The molecule has 0 amide bonds. The van der Waals surface area contributed by atoms with E-state index in [1.165, 1.54) is 16.7 Å². The first-order valence-corrected chi connectivity index (χ1v) is 4.67. The van der Waals surface area contributed by atoms with Crippen molar-refractivity contribution in [1.82, 2.24) is 4.57 Å². The number of aldehydes is 1. The van der Waals surface area contributed by atoms with Gasteiger partial charge in [0.1, 0.15) is 12.0 Å². The Kier molecular flexibility index (Phi) is 2.59. The molecule has 0 saturated heterocycles. The lowest BCUT2D eigenvalue weighted by molar-refractivity contribution is -0.108. The van der Waals surface area contributed by atoms with Crippen LogP contribution in [0.3, 0.4) is 0 Å². The summed E-state index contributed by atoms with van der Waals surface area (Å²) in [6, 6.07) is 7.72. The van der Waals surface area contributed by atoms with Gasteiger partial charge in [-0.3, -0.25) is 4.79 Å². The van der Waals surface area contributed by atoms with E-state index in [0.717, 1.165) is 0 Å². The number of rotatable bonds is 3. The van der Waals surface area contributed by atoms with Crippen LogP contribution in [0.4, 0.5) is 5.69 Å². The van der Waals surface area contributed by atoms with Crippen LogP contribution in [0.2, 0.25) is 0 Å². The zero-order chi connectivity index (χ0) is 11.5. The number of fused-ring (bicyclic) bond motifs is 1. The van der Waals surface area contributed by atoms with Gasteiger partial charge in [0.2, 0.25) is 0 Å². The van der Waals surface area contributed by atoms with E-state index >= 15 is 0 Å². The lowest BCUT2D eigenvalue weighted by Gasteiger charge is -2.06. The van der Waals surface area contributed by atoms with Crippen molar-refractivity contribution in [1.29, 1.82) is 0 Å². The highest BCUT2D eigenvalue weighted by Gasteiger charge is 2.06. The largest absolute Gasteiger partial charge is 0.301 e. The second-order valence-corrected chi connectivity index (χ2v) is 3.25. The smallest absolute Gasteiger partial charge is 0.251 e. The van der Waals surface area contributed by atoms with Crippen LogP contribution in [-0.4, -0.2) is 10.9 Å². The predicted octanol–water partition coefficient (Wildman–Crippen LogP) is 1.60. The lowest BCUT2D eigenvalue weighted by atomic mass is 10.2. The Morgan fingerprint density at radius 3 is 2.75 bits per heavy atom. The highest BCUT2D eigenvalue weighted by Crippen LogP contribution is 2.24. The quantitative estimate of drug-likeness (QED) is 0.578. The lowest BCUT2D eigenvalue weighted by Crippen LogP contribution is -2.19. The Bertz CT molecular complexity index is 616. The van der Waals surface area contributed by atoms with Crippen molar-refractivity contribution in [3.63, 3.8) is 0 Å². The highest BCUT2D eigenvalue weighted by molar-refractivity contribution is 5.90. The number of nitrogens with zero attached hydrogens (tertiary/aromatic N) is 2. The standard InChI is InChI=1S/C11H8N2O3/c14-7-6-13-10-3-1-2-9(12-16)8(10)4-5-11(13)15/h1-5,7H,6H2. The fourth-order valence-electron chi connectivity index (χ4n) is 1.65. The summed E-state index contributed by atoms with van der Waals surface area (Å²) in [5, 5.41) is 3.44. The average Bonchev–Trinajstić information content (AvgIpc) is 2.32. The van der Waals surface area contributed by atoms with Crippen molar-refractivity contribution in [2.75, 3.05) is 0 Å². The van der Waals surface area contributed by atoms with Gasteiger partial charge in [-0.15, -0.1) is 4.91 Å². The van der Waals surface area contributed by atoms with Crippen molar-refractivity contribution < 1.29 is 4.79 Å². The topological polar surface area (TPSA) is 68.5 Å². The van der Waals surface area contributed by atoms with Gasteiger partial charge in [0.25, 0.3) is 5.56 Å². The molecule has 0 bridgehead atoms. The summed E-state index contributed by atoms with van der Waals surface area (Å²) in [7, 11) is 0. The minimum Gasteiger partial charge on any atom is -0.301 e. The predicted molar refractivity (Wildman–Crippen MR) is 59.7 cm³/mol. The van der Waals surface area contributed by atoms with Crippen LogP contribution in [0.5, 0.6) is 0 Å². The second-order valence-electron chi connectivity index (χ2n) is 3.25. The fraction of sp³-hybridized carbons (Fsp3) is 0.0909. The molecule has 0 atom stereocenters. The summed E-state index contributed by atoms with van der Waals surface area (Å²) in [6.45, 7) is -0.0293. The molecule has 16 heavy (non-hydrogen) atoms. The molecule has 0 spiro atoms. The molecule has 2 aromatic rings. The normalized spacial score (nSPS) is 10.2. The number of pyridine rings is 1. The summed E-state index contributed by atoms with van der Waals surface area (Å²) < 4.78 is 1.30. The Hall–Kier alpha value is -2.30. The molecule has 0 aliphatic heterocycles. The van der Waals surface area contributed by atoms with Crippen LogP contribution < -0.4 is 5.56 Å². The van der Waals surface area contributed by atoms with E-state index in [-0.39, 0.29) is 17.8 Å². The van der Waals surface area contributed by atoms with Gasteiger partial charge >= 0.3 is 0 Å². The van der Waals surface area contributed by atoms with Crippen molar-refractivity contribution in [2.45, 2.75) is 6.54 Å². The third-order valence-electron chi connectivity index (χ3n) is 2.36. The molecule has 0 N–H and O–H groups in total. The molecule has 1 heterocycles. The zero-order valence-corrected chi connectivity index (χ0v) is 8.29. The first-order chi connectivity index (χ1) is 7.77. The van der Waals surface area contributed by atoms with Crippen LogP contribution in [0.1, 0.15) is 0 Å². The second kappa shape index (κ2) is 4.06. The molecule has 0 saturated carbocycles. The van der Waals surface area contributed by atoms with E-state index < -0.39 is 0 Å². The van der Waals surface area contributed by atoms with Crippen LogP contribution in [-0.2, 0) is 11.3 Å². The first-order valence-electron chi connectivity index (χ1n) is 4.67. The maximum atomic E-state index is 11.5. The van der Waals surface area contributed by atoms with Crippen LogP contribution >= 0.6 is 0 Å². The fourth-order valence-corrected chi connectivity index (χ4v) is 1.65. The third-order valence-corrected chi connectivity index (χ3v) is 2.36. The van der Waals surface area contributed by atoms with Gasteiger partial charge in [0.15, 0.2) is 0 Å². The van der Waals surface area contributed by atoms with Crippen molar-refractivity contribution in [3.05, 3.63) is 45.6 Å². The Morgan fingerprint density at radius 2 is 2.06 bits per heavy atom. The van der Waals surface area contributed by atoms with Crippen molar-refractivity contribution >= 4 is 22.9 Å². The SMILES string of the molecule is O=CCn1c(=O)ccc2c(N=O)cccc21. The molecular formula is C11H8N2O3. The number of hydrogen-bond donors (Lipinski definition) is 0. The van der Waals surface area contributed by atoms with E-state index in [1.807, 2.05) is 0 Å². The summed E-state index contributed by atoms with van der Waals surface area (Å²) in [6.07, 6.45) is 0.641. The molecule has 0 unspecified atom stereocenters. The van der Waals surface area contributed by atoms with Gasteiger partial charge in [0, 0.05) is 11.5 Å². The maximum absolute atomic E-state index is 11.5. The molecule has 0 radical (unpaired) electrons. The van der Waals surface area contributed by atoms with Gasteiger partial charge in [-0.2, -0.15) is 0 Å². The van der Waals surface area contributed by atoms with Gasteiger partial charge in [-0.25, -0.2) is 0 Å². The molecular weight excluding hydrogens is 208 g/mol. The average molecular weight is 216 g/mol. The molecule has 1 aromatic heterocycles. The Balaban J connectivity index is 2.88. The Labute approximate surface area is 90.3 Å². The van der Waals surface area contributed by atoms with Gasteiger partial charge in [-0.1, -0.05) is 6.07 Å². The summed E-state index contributed by atoms with van der Waals surface area (Å²) in [5.74, 6) is 0. The van der Waals surface area contributed by atoms with Gasteiger partial charge < -0.3 is 9.36 Å². The molecule has 1 aromatic carbocycles. The van der Waals surface area contributed by atoms with Gasteiger partial charge in [-0.05, 0) is 23.4 Å². The Morgan fingerprint density at radius 1 is 1.25 bits per heavy atom. The molecule has 80 valence electrons. The van der Waals surface area contributed by atoms with E-state index in [1.54, 1.807) is 18.2 Å². The number of carbonyl (C=O) groups is 1. The zero-order valence-electron chi connectivity index (χ0n) is 8.29. The minimum absolute atomic E-state index is 0.0293. The van der Waals surface area contributed by atoms with Crippen molar-refractivity contribution in [3.8, 4) is 0 Å². The molecule has 0 aliphatic carbocycles. The molecule has 5 heteroatoms. The minimum atomic E-state index is -0.275. The van der Waals surface area contributed by atoms with Crippen LogP contribution in [0, 0.1) is 4.91 Å². The molecule has 0 fully saturated rings. The molecule has 0 aliphatic rings. The number of nitroso groups, excluding NO2 is 1. The van der Waals surface area contributed by atoms with E-state index in [0.29, 0.717) is 17.2 Å². The molecule has 5 nitrogen and oxygen atoms in total. The first kappa shape index (κ1) is 10.2. The van der Waals surface area contributed by atoms with Crippen LogP contribution in [0.25, 0.3) is 10.9 Å². The van der Waals surface area contributed by atoms with E-state index in [4.69, 9.17) is 0 Å². The molecule has 2 rings (SSSR count). The summed E-state index contributed by atoms with van der Waals surface area (Å²) >= 11 is 0. The monoisotopic (exact) mass is 216 g/mol. The maximum Gasteiger partial charge on any atom is 0.251 e. The summed E-state index contributed by atoms with van der Waals surface area (Å²) in [5.41, 5.74) is 0.525.